The number of hydrogen-bond donors (Lipinski definition) is 1. The Bertz CT molecular complexity index is 500. The number of carbonyl (C=O) groups is 2. The maximum atomic E-state index is 13.4. The van der Waals surface area contributed by atoms with Gasteiger partial charge in [0.25, 0.3) is 5.91 Å². The number of nitrogens with one attached hydrogen (secondary N) is 1. The van der Waals surface area contributed by atoms with Gasteiger partial charge in [-0.2, -0.15) is 0 Å². The molecule has 0 bridgehead atoms. The van der Waals surface area contributed by atoms with Gasteiger partial charge in [0.05, 0.1) is 12.1 Å². The number of nitrogens with zero attached hydrogens (tertiary/aromatic N) is 1. The van der Waals surface area contributed by atoms with Crippen molar-refractivity contribution in [2.24, 2.45) is 0 Å². The van der Waals surface area contributed by atoms with Crippen LogP contribution in [0.15, 0.2) is 18.2 Å². The van der Waals surface area contributed by atoms with Crippen molar-refractivity contribution in [3.63, 3.8) is 0 Å². The van der Waals surface area contributed by atoms with Gasteiger partial charge in [0.15, 0.2) is 0 Å². The zero-order valence-corrected chi connectivity index (χ0v) is 12.3. The summed E-state index contributed by atoms with van der Waals surface area (Å²) < 4.78 is 26.2. The zero-order chi connectivity index (χ0) is 15.8. The lowest BCUT2D eigenvalue weighted by molar-refractivity contribution is -0.130. The molecule has 0 heterocycles. The fourth-order valence-corrected chi connectivity index (χ4v) is 1.94. The van der Waals surface area contributed by atoms with Crippen LogP contribution < -0.4 is 5.32 Å². The van der Waals surface area contributed by atoms with Crippen LogP contribution in [0.3, 0.4) is 0 Å². The third-order valence-electron chi connectivity index (χ3n) is 2.92. The monoisotopic (exact) mass is 298 g/mol. The second-order valence-corrected chi connectivity index (χ2v) is 4.69. The number of amides is 2. The molecule has 6 heteroatoms. The second-order valence-electron chi connectivity index (χ2n) is 4.69. The minimum absolute atomic E-state index is 0.199. The van der Waals surface area contributed by atoms with E-state index in [0.717, 1.165) is 25.0 Å². The molecule has 2 amide bonds. The predicted molar refractivity (Wildman–Crippen MR) is 75.9 cm³/mol. The molecular weight excluding hydrogens is 278 g/mol. The van der Waals surface area contributed by atoms with Gasteiger partial charge in [-0.1, -0.05) is 13.8 Å². The van der Waals surface area contributed by atoms with Gasteiger partial charge in [0.1, 0.15) is 11.6 Å². The average Bonchev–Trinajstić information content (AvgIpc) is 2.44. The predicted octanol–water partition coefficient (Wildman–Crippen LogP) is 2.34. The highest BCUT2D eigenvalue weighted by Gasteiger charge is 2.16. The van der Waals surface area contributed by atoms with Crippen LogP contribution in [0.4, 0.5) is 8.78 Å². The van der Waals surface area contributed by atoms with Gasteiger partial charge in [-0.3, -0.25) is 9.59 Å². The standard InChI is InChI=1S/C15H20F2N2O2/c1-3-7-19(8-4-2)14(20)10-18-15(21)12-6-5-11(16)9-13(12)17/h5-6,9H,3-4,7-8,10H2,1-2H3,(H,18,21). The molecule has 0 spiro atoms. The number of benzene rings is 1. The van der Waals surface area contributed by atoms with E-state index in [1.807, 2.05) is 13.8 Å². The van der Waals surface area contributed by atoms with Crippen molar-refractivity contribution in [1.82, 2.24) is 10.2 Å². The van der Waals surface area contributed by atoms with Crippen LogP contribution in [0.2, 0.25) is 0 Å². The van der Waals surface area contributed by atoms with E-state index >= 15 is 0 Å². The molecule has 0 aromatic heterocycles. The van der Waals surface area contributed by atoms with Crippen molar-refractivity contribution in [2.45, 2.75) is 26.7 Å². The lowest BCUT2D eigenvalue weighted by Gasteiger charge is -2.21. The highest BCUT2D eigenvalue weighted by Crippen LogP contribution is 2.09. The van der Waals surface area contributed by atoms with Crippen molar-refractivity contribution >= 4 is 11.8 Å². The number of halogens is 2. The van der Waals surface area contributed by atoms with E-state index in [4.69, 9.17) is 0 Å². The van der Waals surface area contributed by atoms with Gasteiger partial charge >= 0.3 is 0 Å². The highest BCUT2D eigenvalue weighted by atomic mass is 19.1. The maximum absolute atomic E-state index is 13.4. The first-order valence-corrected chi connectivity index (χ1v) is 7.00. The molecule has 0 aliphatic carbocycles. The minimum Gasteiger partial charge on any atom is -0.343 e. The van der Waals surface area contributed by atoms with Crippen molar-refractivity contribution in [3.8, 4) is 0 Å². The lowest BCUT2D eigenvalue weighted by atomic mass is 10.2. The first-order valence-electron chi connectivity index (χ1n) is 7.00. The summed E-state index contributed by atoms with van der Waals surface area (Å²) in [5.74, 6) is -2.64. The average molecular weight is 298 g/mol. The van der Waals surface area contributed by atoms with Gasteiger partial charge < -0.3 is 10.2 Å². The van der Waals surface area contributed by atoms with Gasteiger partial charge in [-0.15, -0.1) is 0 Å². The summed E-state index contributed by atoms with van der Waals surface area (Å²) in [4.78, 5) is 25.4. The van der Waals surface area contributed by atoms with E-state index in [0.29, 0.717) is 19.2 Å². The van der Waals surface area contributed by atoms with E-state index in [9.17, 15) is 18.4 Å². The van der Waals surface area contributed by atoms with Crippen molar-refractivity contribution in [3.05, 3.63) is 35.4 Å². The van der Waals surface area contributed by atoms with Gasteiger partial charge in [0, 0.05) is 19.2 Å². The summed E-state index contributed by atoms with van der Waals surface area (Å²) in [7, 11) is 0. The number of carbonyl (C=O) groups excluding carboxylic acids is 2. The molecule has 0 fully saturated rings. The summed E-state index contributed by atoms with van der Waals surface area (Å²) in [6, 6.07) is 2.69. The van der Waals surface area contributed by atoms with E-state index in [-0.39, 0.29) is 18.0 Å². The zero-order valence-electron chi connectivity index (χ0n) is 12.3. The molecular formula is C15H20F2N2O2. The van der Waals surface area contributed by atoms with Crippen molar-refractivity contribution in [2.75, 3.05) is 19.6 Å². The first kappa shape index (κ1) is 17.1. The van der Waals surface area contributed by atoms with Gasteiger partial charge in [-0.25, -0.2) is 8.78 Å². The molecule has 21 heavy (non-hydrogen) atoms. The van der Waals surface area contributed by atoms with E-state index in [1.165, 1.54) is 0 Å². The molecule has 1 aromatic rings. The topological polar surface area (TPSA) is 49.4 Å². The largest absolute Gasteiger partial charge is 0.343 e. The summed E-state index contributed by atoms with van der Waals surface area (Å²) in [5, 5.41) is 2.36. The van der Waals surface area contributed by atoms with Gasteiger partial charge in [0.2, 0.25) is 5.91 Å². The Balaban J connectivity index is 2.60. The summed E-state index contributed by atoms with van der Waals surface area (Å²) in [5.41, 5.74) is -0.276. The van der Waals surface area contributed by atoms with Crippen LogP contribution in [0.25, 0.3) is 0 Å². The third kappa shape index (κ3) is 5.13. The van der Waals surface area contributed by atoms with Crippen LogP contribution in [0.5, 0.6) is 0 Å². The van der Waals surface area contributed by atoms with Crippen LogP contribution in [-0.4, -0.2) is 36.3 Å². The molecule has 1 rings (SSSR count). The molecule has 1 aromatic carbocycles. The Kier molecular flexibility index (Phi) is 6.78. The molecule has 0 atom stereocenters. The fraction of sp³-hybridized carbons (Fsp3) is 0.467. The molecule has 116 valence electrons. The molecule has 4 nitrogen and oxygen atoms in total. The normalized spacial score (nSPS) is 10.3. The molecule has 0 saturated carbocycles. The van der Waals surface area contributed by atoms with Gasteiger partial charge in [-0.05, 0) is 25.0 Å². The first-order chi connectivity index (χ1) is 9.99. The van der Waals surface area contributed by atoms with E-state index in [2.05, 4.69) is 5.32 Å². The minimum atomic E-state index is -0.945. The van der Waals surface area contributed by atoms with E-state index < -0.39 is 17.5 Å². The molecule has 1 N–H and O–H groups in total. The number of hydrogen-bond acceptors (Lipinski definition) is 2. The fourth-order valence-electron chi connectivity index (χ4n) is 1.94. The molecule has 0 unspecified atom stereocenters. The Hall–Kier alpha value is -1.98. The molecule has 0 radical (unpaired) electrons. The van der Waals surface area contributed by atoms with Crippen molar-refractivity contribution < 1.29 is 18.4 Å². The Labute approximate surface area is 123 Å². The summed E-state index contributed by atoms with van der Waals surface area (Å²) in [6.07, 6.45) is 1.65. The maximum Gasteiger partial charge on any atom is 0.254 e. The Morgan fingerprint density at radius 2 is 1.76 bits per heavy atom. The second kappa shape index (κ2) is 8.34. The number of rotatable bonds is 7. The summed E-state index contributed by atoms with van der Waals surface area (Å²) >= 11 is 0. The summed E-state index contributed by atoms with van der Waals surface area (Å²) in [6.45, 7) is 4.96. The molecule has 0 saturated heterocycles. The Morgan fingerprint density at radius 1 is 1.14 bits per heavy atom. The quantitative estimate of drug-likeness (QED) is 0.840. The lowest BCUT2D eigenvalue weighted by Crippen LogP contribution is -2.41. The van der Waals surface area contributed by atoms with Crippen LogP contribution in [0, 0.1) is 11.6 Å². The third-order valence-corrected chi connectivity index (χ3v) is 2.92. The molecule has 0 aliphatic rings. The van der Waals surface area contributed by atoms with Crippen LogP contribution in [0.1, 0.15) is 37.0 Å². The Morgan fingerprint density at radius 3 is 2.29 bits per heavy atom. The van der Waals surface area contributed by atoms with E-state index in [1.54, 1.807) is 4.90 Å². The van der Waals surface area contributed by atoms with Crippen molar-refractivity contribution in [1.29, 1.82) is 0 Å². The molecule has 0 aliphatic heterocycles. The smallest absolute Gasteiger partial charge is 0.254 e. The SMILES string of the molecule is CCCN(CCC)C(=O)CNC(=O)c1ccc(F)cc1F. The van der Waals surface area contributed by atoms with Crippen LogP contribution in [-0.2, 0) is 4.79 Å². The van der Waals surface area contributed by atoms with Crippen LogP contribution >= 0.6 is 0 Å². The highest BCUT2D eigenvalue weighted by molar-refractivity contribution is 5.96.